The van der Waals surface area contributed by atoms with Gasteiger partial charge in [0.25, 0.3) is 0 Å². The van der Waals surface area contributed by atoms with Gasteiger partial charge in [-0.05, 0) is 38.3 Å². The van der Waals surface area contributed by atoms with E-state index in [-0.39, 0.29) is 0 Å². The van der Waals surface area contributed by atoms with Gasteiger partial charge in [0.1, 0.15) is 0 Å². The smallest absolute Gasteiger partial charge is 0.151 e. The first-order valence-corrected chi connectivity index (χ1v) is 7.53. The summed E-state index contributed by atoms with van der Waals surface area (Å²) in [5.41, 5.74) is 1.42. The summed E-state index contributed by atoms with van der Waals surface area (Å²) in [6.07, 6.45) is 3.79. The summed E-state index contributed by atoms with van der Waals surface area (Å²) in [4.78, 5) is 4.97. The van der Waals surface area contributed by atoms with Crippen LogP contribution in [0, 0.1) is 6.92 Å². The van der Waals surface area contributed by atoms with Crippen molar-refractivity contribution in [1.29, 1.82) is 0 Å². The van der Waals surface area contributed by atoms with Crippen LogP contribution in [0.2, 0.25) is 0 Å². The largest absolute Gasteiger partial charge is 0.383 e. The predicted molar refractivity (Wildman–Crippen MR) is 79.0 cm³/mol. The summed E-state index contributed by atoms with van der Waals surface area (Å²) in [5.74, 6) is 1.02. The molecule has 0 aliphatic carbocycles. The molecule has 1 spiro atoms. The molecule has 5 heteroatoms. The average molecular weight is 276 g/mol. The minimum Gasteiger partial charge on any atom is -0.383 e. The van der Waals surface area contributed by atoms with Gasteiger partial charge in [-0.2, -0.15) is 5.10 Å². The highest BCUT2D eigenvalue weighted by molar-refractivity contribution is 5.38. The number of hydrogen-bond acceptors (Lipinski definition) is 5. The molecule has 1 aromatic rings. The van der Waals surface area contributed by atoms with Crippen molar-refractivity contribution in [3.63, 3.8) is 0 Å². The minimum absolute atomic E-state index is 0.438. The standard InChI is InChI=1S/C15H24N4O/c1-13-3-4-14(17-16-13)18-8-5-15(6-9-18)7-10-19(15)11-12-20-2/h3-4H,5-12H2,1-2H3. The van der Waals surface area contributed by atoms with E-state index in [1.807, 2.05) is 13.0 Å². The molecule has 0 radical (unpaired) electrons. The zero-order chi connectivity index (χ0) is 14.0. The molecule has 2 aliphatic rings. The van der Waals surface area contributed by atoms with Gasteiger partial charge in [-0.1, -0.05) is 0 Å². The average Bonchev–Trinajstić information content (AvgIpc) is 2.47. The maximum atomic E-state index is 5.21. The number of rotatable bonds is 4. The third kappa shape index (κ3) is 2.52. The van der Waals surface area contributed by atoms with Crippen molar-refractivity contribution in [2.24, 2.45) is 0 Å². The Bertz CT molecular complexity index is 440. The van der Waals surface area contributed by atoms with Gasteiger partial charge in [0.15, 0.2) is 5.82 Å². The van der Waals surface area contributed by atoms with E-state index in [9.17, 15) is 0 Å². The van der Waals surface area contributed by atoms with E-state index in [1.165, 1.54) is 25.8 Å². The predicted octanol–water partition coefficient (Wildman–Crippen LogP) is 1.48. The second-order valence-electron chi connectivity index (χ2n) is 5.97. The maximum absolute atomic E-state index is 5.21. The molecule has 0 amide bonds. The Morgan fingerprint density at radius 3 is 2.45 bits per heavy atom. The Balaban J connectivity index is 1.58. The van der Waals surface area contributed by atoms with Crippen LogP contribution in [-0.4, -0.2) is 60.5 Å². The Kier molecular flexibility index (Phi) is 3.89. The van der Waals surface area contributed by atoms with Crippen LogP contribution in [0.5, 0.6) is 0 Å². The van der Waals surface area contributed by atoms with Crippen LogP contribution in [0.15, 0.2) is 12.1 Å². The summed E-state index contributed by atoms with van der Waals surface area (Å²) in [7, 11) is 1.78. The Morgan fingerprint density at radius 1 is 1.15 bits per heavy atom. The van der Waals surface area contributed by atoms with Crippen molar-refractivity contribution in [1.82, 2.24) is 15.1 Å². The topological polar surface area (TPSA) is 41.5 Å². The quantitative estimate of drug-likeness (QED) is 0.833. The molecule has 2 aliphatic heterocycles. The molecule has 0 bridgehead atoms. The Hall–Kier alpha value is -1.20. The molecular weight excluding hydrogens is 252 g/mol. The van der Waals surface area contributed by atoms with Crippen LogP contribution in [-0.2, 0) is 4.74 Å². The fourth-order valence-electron chi connectivity index (χ4n) is 3.42. The van der Waals surface area contributed by atoms with E-state index in [4.69, 9.17) is 4.74 Å². The molecule has 1 aromatic heterocycles. The summed E-state index contributed by atoms with van der Waals surface area (Å²) in [6, 6.07) is 4.13. The van der Waals surface area contributed by atoms with Gasteiger partial charge in [0.2, 0.25) is 0 Å². The third-order valence-corrected chi connectivity index (χ3v) is 4.89. The molecule has 3 heterocycles. The number of hydrogen-bond donors (Lipinski definition) is 0. The number of aromatic nitrogens is 2. The number of likely N-dealkylation sites (tertiary alicyclic amines) is 1. The number of ether oxygens (including phenoxy) is 1. The van der Waals surface area contributed by atoms with Crippen molar-refractivity contribution >= 4 is 5.82 Å². The van der Waals surface area contributed by atoms with Gasteiger partial charge in [-0.15, -0.1) is 5.10 Å². The third-order valence-electron chi connectivity index (χ3n) is 4.89. The van der Waals surface area contributed by atoms with E-state index in [2.05, 4.69) is 26.1 Å². The molecule has 0 saturated carbocycles. The number of nitrogens with zero attached hydrogens (tertiary/aromatic N) is 4. The first-order chi connectivity index (χ1) is 9.73. The highest BCUT2D eigenvalue weighted by Gasteiger charge is 2.46. The normalized spacial score (nSPS) is 22.0. The van der Waals surface area contributed by atoms with Gasteiger partial charge >= 0.3 is 0 Å². The minimum atomic E-state index is 0.438. The Labute approximate surface area is 120 Å². The second kappa shape index (κ2) is 5.66. The molecule has 0 unspecified atom stereocenters. The molecule has 5 nitrogen and oxygen atoms in total. The first kappa shape index (κ1) is 13.8. The molecule has 0 atom stereocenters. The summed E-state index contributed by atoms with van der Waals surface area (Å²) >= 11 is 0. The lowest BCUT2D eigenvalue weighted by Gasteiger charge is -2.56. The number of anilines is 1. The van der Waals surface area contributed by atoms with E-state index >= 15 is 0 Å². The molecular formula is C15H24N4O. The van der Waals surface area contributed by atoms with Crippen LogP contribution in [0.25, 0.3) is 0 Å². The van der Waals surface area contributed by atoms with Crippen molar-refractivity contribution in [3.8, 4) is 0 Å². The lowest BCUT2D eigenvalue weighted by molar-refractivity contribution is -0.0454. The SMILES string of the molecule is COCCN1CCC12CCN(c1ccc(C)nn1)CC2. The highest BCUT2D eigenvalue weighted by atomic mass is 16.5. The first-order valence-electron chi connectivity index (χ1n) is 7.53. The monoisotopic (exact) mass is 276 g/mol. The van der Waals surface area contributed by atoms with Crippen LogP contribution in [0.4, 0.5) is 5.82 Å². The fourth-order valence-corrected chi connectivity index (χ4v) is 3.42. The molecule has 3 rings (SSSR count). The van der Waals surface area contributed by atoms with E-state index in [0.717, 1.165) is 37.8 Å². The van der Waals surface area contributed by atoms with Gasteiger partial charge in [0, 0.05) is 38.8 Å². The molecule has 2 fully saturated rings. The molecule has 110 valence electrons. The van der Waals surface area contributed by atoms with E-state index in [1.54, 1.807) is 7.11 Å². The van der Waals surface area contributed by atoms with Gasteiger partial charge in [-0.3, -0.25) is 4.90 Å². The van der Waals surface area contributed by atoms with Crippen LogP contribution < -0.4 is 4.90 Å². The van der Waals surface area contributed by atoms with Crippen molar-refractivity contribution in [2.45, 2.75) is 31.7 Å². The maximum Gasteiger partial charge on any atom is 0.151 e. The van der Waals surface area contributed by atoms with Crippen molar-refractivity contribution in [2.75, 3.05) is 44.8 Å². The van der Waals surface area contributed by atoms with Crippen LogP contribution in [0.3, 0.4) is 0 Å². The molecule has 2 saturated heterocycles. The zero-order valence-corrected chi connectivity index (χ0v) is 12.5. The lowest BCUT2D eigenvalue weighted by atomic mass is 9.76. The van der Waals surface area contributed by atoms with Crippen LogP contribution in [0.1, 0.15) is 25.0 Å². The van der Waals surface area contributed by atoms with Crippen molar-refractivity contribution < 1.29 is 4.74 Å². The second-order valence-corrected chi connectivity index (χ2v) is 5.97. The summed E-state index contributed by atoms with van der Waals surface area (Å²) in [5, 5.41) is 8.47. The molecule has 0 N–H and O–H groups in total. The van der Waals surface area contributed by atoms with Crippen LogP contribution >= 0.6 is 0 Å². The zero-order valence-electron chi connectivity index (χ0n) is 12.5. The summed E-state index contributed by atoms with van der Waals surface area (Å²) < 4.78 is 5.21. The fraction of sp³-hybridized carbons (Fsp3) is 0.733. The molecule has 0 aromatic carbocycles. The highest BCUT2D eigenvalue weighted by Crippen LogP contribution is 2.40. The van der Waals surface area contributed by atoms with E-state index < -0.39 is 0 Å². The number of aryl methyl sites for hydroxylation is 1. The van der Waals surface area contributed by atoms with E-state index in [0.29, 0.717) is 5.54 Å². The van der Waals surface area contributed by atoms with Crippen molar-refractivity contribution in [3.05, 3.63) is 17.8 Å². The number of piperidine rings is 1. The van der Waals surface area contributed by atoms with Gasteiger partial charge in [0.05, 0.1) is 12.3 Å². The Morgan fingerprint density at radius 2 is 1.90 bits per heavy atom. The summed E-state index contributed by atoms with van der Waals surface area (Å²) in [6.45, 7) is 7.29. The van der Waals surface area contributed by atoms with Gasteiger partial charge in [-0.25, -0.2) is 0 Å². The molecule has 20 heavy (non-hydrogen) atoms. The number of methoxy groups -OCH3 is 1. The lowest BCUT2D eigenvalue weighted by Crippen LogP contribution is -2.64. The van der Waals surface area contributed by atoms with Gasteiger partial charge < -0.3 is 9.64 Å².